The summed E-state index contributed by atoms with van der Waals surface area (Å²) in [7, 11) is 0. The number of hydrogen-bond donors (Lipinski definition) is 1. The Balaban J connectivity index is 1.54. The molecule has 8 heteroatoms. The molecule has 35 heavy (non-hydrogen) atoms. The van der Waals surface area contributed by atoms with Crippen molar-refractivity contribution >= 4 is 45.4 Å². The standard InChI is InChI=1S/C27H25N5O3/c1-16(2)27(35)30-11-9-17-6-5-7-18-19(15-31(13-12-30)24(17)18)22-23(26(34)29-25(22)33)20-14-28-21-8-3-4-10-32(20)21/h3-8,10,14-16H,9,11-13H2,1-2H3,(H,29,33,34). The van der Waals surface area contributed by atoms with E-state index in [9.17, 15) is 14.4 Å². The summed E-state index contributed by atoms with van der Waals surface area (Å²) in [6.45, 7) is 5.71. The van der Waals surface area contributed by atoms with E-state index in [1.807, 2.05) is 65.9 Å². The average Bonchev–Trinajstić information content (AvgIpc) is 3.50. The first kappa shape index (κ1) is 21.3. The molecule has 2 aliphatic rings. The Hall–Kier alpha value is -4.20. The first-order chi connectivity index (χ1) is 16.9. The molecule has 0 fully saturated rings. The summed E-state index contributed by atoms with van der Waals surface area (Å²) in [4.78, 5) is 45.2. The minimum absolute atomic E-state index is 0.0590. The fourth-order valence-corrected chi connectivity index (χ4v) is 5.27. The number of imidazole rings is 1. The third kappa shape index (κ3) is 3.28. The Labute approximate surface area is 201 Å². The second kappa shape index (κ2) is 7.94. The number of imide groups is 1. The molecule has 5 heterocycles. The van der Waals surface area contributed by atoms with E-state index in [0.717, 1.165) is 28.5 Å². The average molecular weight is 468 g/mol. The highest BCUT2D eigenvalue weighted by Gasteiger charge is 2.36. The van der Waals surface area contributed by atoms with E-state index >= 15 is 0 Å². The largest absolute Gasteiger partial charge is 0.345 e. The molecule has 0 unspecified atom stereocenters. The molecular formula is C27H25N5O3. The highest BCUT2D eigenvalue weighted by atomic mass is 16.2. The van der Waals surface area contributed by atoms with Crippen LogP contribution in [0.5, 0.6) is 0 Å². The van der Waals surface area contributed by atoms with Crippen LogP contribution in [0.4, 0.5) is 0 Å². The summed E-state index contributed by atoms with van der Waals surface area (Å²) in [6, 6.07) is 11.7. The lowest BCUT2D eigenvalue weighted by atomic mass is 9.97. The van der Waals surface area contributed by atoms with Gasteiger partial charge in [-0.05, 0) is 24.1 Å². The van der Waals surface area contributed by atoms with Crippen LogP contribution < -0.4 is 5.32 Å². The number of aromatic nitrogens is 3. The number of carbonyl (C=O) groups excluding carboxylic acids is 3. The van der Waals surface area contributed by atoms with Gasteiger partial charge < -0.3 is 9.47 Å². The van der Waals surface area contributed by atoms with Crippen LogP contribution in [-0.2, 0) is 27.3 Å². The van der Waals surface area contributed by atoms with Crippen molar-refractivity contribution < 1.29 is 14.4 Å². The Morgan fingerprint density at radius 3 is 2.66 bits per heavy atom. The second-order valence-electron chi connectivity index (χ2n) is 9.38. The molecule has 1 N–H and O–H groups in total. The SMILES string of the molecule is CC(C)C(=O)N1CCc2cccc3c(C4=C(c5cnc6ccccn56)C(=O)NC4=O)cn(c23)CC1. The summed E-state index contributed by atoms with van der Waals surface area (Å²) >= 11 is 0. The van der Waals surface area contributed by atoms with E-state index in [1.54, 1.807) is 6.20 Å². The highest BCUT2D eigenvalue weighted by molar-refractivity contribution is 6.49. The molecular weight excluding hydrogens is 442 g/mol. The van der Waals surface area contributed by atoms with Gasteiger partial charge in [0, 0.05) is 48.9 Å². The fourth-order valence-electron chi connectivity index (χ4n) is 5.27. The molecule has 0 atom stereocenters. The molecule has 6 rings (SSSR count). The fraction of sp³-hybridized carbons (Fsp3) is 0.259. The van der Waals surface area contributed by atoms with Gasteiger partial charge in [-0.15, -0.1) is 0 Å². The molecule has 0 saturated carbocycles. The number of rotatable bonds is 3. The molecule has 3 aromatic heterocycles. The lowest BCUT2D eigenvalue weighted by molar-refractivity contribution is -0.134. The molecule has 3 amide bonds. The molecule has 0 radical (unpaired) electrons. The molecule has 2 aliphatic heterocycles. The zero-order valence-electron chi connectivity index (χ0n) is 19.6. The summed E-state index contributed by atoms with van der Waals surface area (Å²) in [5.74, 6) is -0.750. The highest BCUT2D eigenvalue weighted by Crippen LogP contribution is 2.37. The Kier molecular flexibility index (Phi) is 4.84. The van der Waals surface area contributed by atoms with Gasteiger partial charge >= 0.3 is 0 Å². The summed E-state index contributed by atoms with van der Waals surface area (Å²) in [5, 5.41) is 3.42. The number of para-hydroxylation sites is 1. The first-order valence-electron chi connectivity index (χ1n) is 11.9. The van der Waals surface area contributed by atoms with Crippen LogP contribution in [0, 0.1) is 5.92 Å². The zero-order valence-corrected chi connectivity index (χ0v) is 19.6. The lowest BCUT2D eigenvalue weighted by Crippen LogP contribution is -2.39. The van der Waals surface area contributed by atoms with Crippen molar-refractivity contribution in [2.24, 2.45) is 5.92 Å². The van der Waals surface area contributed by atoms with Gasteiger partial charge in [-0.1, -0.05) is 38.1 Å². The number of nitrogens with zero attached hydrogens (tertiary/aromatic N) is 4. The smallest absolute Gasteiger partial charge is 0.261 e. The van der Waals surface area contributed by atoms with Gasteiger partial charge in [-0.2, -0.15) is 0 Å². The van der Waals surface area contributed by atoms with Crippen molar-refractivity contribution in [3.8, 4) is 0 Å². The quantitative estimate of drug-likeness (QED) is 0.470. The number of pyridine rings is 1. The number of carbonyl (C=O) groups is 3. The van der Waals surface area contributed by atoms with Crippen molar-refractivity contribution in [2.45, 2.75) is 26.8 Å². The number of fused-ring (bicyclic) bond motifs is 1. The second-order valence-corrected chi connectivity index (χ2v) is 9.38. The van der Waals surface area contributed by atoms with Gasteiger partial charge in [-0.25, -0.2) is 4.98 Å². The van der Waals surface area contributed by atoms with Crippen molar-refractivity contribution in [2.75, 3.05) is 13.1 Å². The van der Waals surface area contributed by atoms with Gasteiger partial charge in [-0.3, -0.25) is 24.1 Å². The Bertz CT molecular complexity index is 1570. The van der Waals surface area contributed by atoms with Crippen molar-refractivity contribution in [3.63, 3.8) is 0 Å². The zero-order chi connectivity index (χ0) is 24.3. The summed E-state index contributed by atoms with van der Waals surface area (Å²) in [5.41, 5.74) is 4.85. The first-order valence-corrected chi connectivity index (χ1v) is 11.9. The molecule has 8 nitrogen and oxygen atoms in total. The molecule has 176 valence electrons. The van der Waals surface area contributed by atoms with Crippen LogP contribution in [0.3, 0.4) is 0 Å². The number of nitrogens with one attached hydrogen (secondary N) is 1. The van der Waals surface area contributed by atoms with Crippen molar-refractivity contribution in [1.29, 1.82) is 0 Å². The molecule has 0 saturated heterocycles. The Morgan fingerprint density at radius 1 is 1.00 bits per heavy atom. The molecule has 0 spiro atoms. The minimum atomic E-state index is -0.425. The van der Waals surface area contributed by atoms with Gasteiger partial charge in [0.15, 0.2) is 0 Å². The van der Waals surface area contributed by atoms with Gasteiger partial charge in [0.1, 0.15) is 5.65 Å². The topological polar surface area (TPSA) is 88.7 Å². The van der Waals surface area contributed by atoms with Crippen LogP contribution >= 0.6 is 0 Å². The number of hydrogen-bond acceptors (Lipinski definition) is 4. The van der Waals surface area contributed by atoms with Crippen LogP contribution in [0.2, 0.25) is 0 Å². The minimum Gasteiger partial charge on any atom is -0.345 e. The van der Waals surface area contributed by atoms with Crippen LogP contribution in [0.1, 0.15) is 30.7 Å². The number of amides is 3. The Morgan fingerprint density at radius 2 is 1.83 bits per heavy atom. The van der Waals surface area contributed by atoms with Crippen molar-refractivity contribution in [3.05, 3.63) is 71.8 Å². The van der Waals surface area contributed by atoms with Crippen LogP contribution in [-0.4, -0.2) is 49.7 Å². The monoisotopic (exact) mass is 467 g/mol. The maximum atomic E-state index is 13.1. The van der Waals surface area contributed by atoms with E-state index in [-0.39, 0.29) is 11.8 Å². The van der Waals surface area contributed by atoms with E-state index in [2.05, 4.69) is 20.9 Å². The van der Waals surface area contributed by atoms with Crippen LogP contribution in [0.15, 0.2) is 55.0 Å². The summed E-state index contributed by atoms with van der Waals surface area (Å²) in [6.07, 6.45) is 6.15. The van der Waals surface area contributed by atoms with E-state index in [0.29, 0.717) is 42.1 Å². The van der Waals surface area contributed by atoms with Gasteiger partial charge in [0.25, 0.3) is 11.8 Å². The summed E-state index contributed by atoms with van der Waals surface area (Å²) < 4.78 is 3.94. The molecule has 0 aliphatic carbocycles. The van der Waals surface area contributed by atoms with Crippen LogP contribution in [0.25, 0.3) is 27.7 Å². The number of benzene rings is 1. The maximum absolute atomic E-state index is 13.1. The maximum Gasteiger partial charge on any atom is 0.261 e. The van der Waals surface area contributed by atoms with E-state index < -0.39 is 11.8 Å². The van der Waals surface area contributed by atoms with E-state index in [1.165, 1.54) is 0 Å². The van der Waals surface area contributed by atoms with Crippen molar-refractivity contribution in [1.82, 2.24) is 24.2 Å². The normalized spacial score (nSPS) is 16.4. The van der Waals surface area contributed by atoms with Gasteiger partial charge in [0.05, 0.1) is 28.6 Å². The third-order valence-corrected chi connectivity index (χ3v) is 6.92. The van der Waals surface area contributed by atoms with E-state index in [4.69, 9.17) is 0 Å². The third-order valence-electron chi connectivity index (χ3n) is 6.92. The lowest BCUT2D eigenvalue weighted by Gasteiger charge is -2.27. The molecule has 4 aromatic rings. The predicted octanol–water partition coefficient (Wildman–Crippen LogP) is 2.90. The van der Waals surface area contributed by atoms with Gasteiger partial charge in [0.2, 0.25) is 5.91 Å². The molecule has 0 bridgehead atoms. The molecule has 1 aromatic carbocycles. The predicted molar refractivity (Wildman–Crippen MR) is 132 cm³/mol.